The molecule has 0 N–H and O–H groups in total. The van der Waals surface area contributed by atoms with Crippen LogP contribution in [-0.2, 0) is 4.79 Å². The molecule has 1 atom stereocenters. The number of halogens is 1. The molecule has 1 saturated heterocycles. The summed E-state index contributed by atoms with van der Waals surface area (Å²) in [5, 5.41) is 0.493. The van der Waals surface area contributed by atoms with E-state index < -0.39 is 0 Å². The number of ether oxygens (including phenoxy) is 1. The van der Waals surface area contributed by atoms with E-state index in [1.807, 2.05) is 4.90 Å². The Morgan fingerprint density at radius 3 is 2.65 bits per heavy atom. The summed E-state index contributed by atoms with van der Waals surface area (Å²) >= 11 is 5.81. The van der Waals surface area contributed by atoms with Crippen molar-refractivity contribution >= 4 is 17.5 Å². The van der Waals surface area contributed by atoms with Crippen molar-refractivity contribution in [3.63, 3.8) is 0 Å². The molecule has 1 amide bonds. The molecule has 2 fully saturated rings. The van der Waals surface area contributed by atoms with Crippen LogP contribution < -0.4 is 4.74 Å². The van der Waals surface area contributed by atoms with E-state index in [9.17, 15) is 4.79 Å². The molecule has 2 aliphatic rings. The van der Waals surface area contributed by atoms with Gasteiger partial charge in [0.1, 0.15) is 6.10 Å². The summed E-state index contributed by atoms with van der Waals surface area (Å²) in [6, 6.07) is 0.338. The van der Waals surface area contributed by atoms with E-state index in [-0.39, 0.29) is 12.0 Å². The maximum atomic E-state index is 12.9. The molecule has 5 nitrogen and oxygen atoms in total. The van der Waals surface area contributed by atoms with Crippen molar-refractivity contribution in [3.8, 4) is 6.01 Å². The largest absolute Gasteiger partial charge is 0.458 e. The first-order valence-electron chi connectivity index (χ1n) is 10.1. The third-order valence-electron chi connectivity index (χ3n) is 5.72. The summed E-state index contributed by atoms with van der Waals surface area (Å²) in [7, 11) is 0. The van der Waals surface area contributed by atoms with E-state index in [0.29, 0.717) is 23.5 Å². The smallest absolute Gasteiger partial charge is 0.316 e. The van der Waals surface area contributed by atoms with Crippen LogP contribution in [0.1, 0.15) is 64.7 Å². The van der Waals surface area contributed by atoms with Gasteiger partial charge in [0, 0.05) is 12.5 Å². The molecule has 1 aromatic rings. The van der Waals surface area contributed by atoms with Gasteiger partial charge in [-0.3, -0.25) is 4.79 Å². The van der Waals surface area contributed by atoms with Crippen LogP contribution in [0.15, 0.2) is 12.4 Å². The van der Waals surface area contributed by atoms with Gasteiger partial charge in [-0.15, -0.1) is 0 Å². The predicted octanol–water partition coefficient (Wildman–Crippen LogP) is 4.50. The van der Waals surface area contributed by atoms with Gasteiger partial charge in [0.2, 0.25) is 5.91 Å². The summed E-state index contributed by atoms with van der Waals surface area (Å²) in [6.07, 6.45) is 13.4. The SMILES string of the molecule is CCCCC1CCC(C(=O)N2CCCC(Oc3ncc(Cl)cn3)C2)CC1. The first-order valence-corrected chi connectivity index (χ1v) is 10.5. The Labute approximate surface area is 161 Å². The fourth-order valence-corrected chi connectivity index (χ4v) is 4.29. The third kappa shape index (κ3) is 5.32. The Bertz CT molecular complexity index is 573. The zero-order chi connectivity index (χ0) is 18.4. The van der Waals surface area contributed by atoms with Crippen LogP contribution in [0.3, 0.4) is 0 Å². The molecule has 1 aliphatic heterocycles. The maximum Gasteiger partial charge on any atom is 0.316 e. The van der Waals surface area contributed by atoms with Crippen LogP contribution in [0, 0.1) is 11.8 Å². The van der Waals surface area contributed by atoms with Crippen LogP contribution >= 0.6 is 11.6 Å². The fourth-order valence-electron chi connectivity index (χ4n) is 4.19. The van der Waals surface area contributed by atoms with E-state index >= 15 is 0 Å². The molecular formula is C20H30ClN3O2. The van der Waals surface area contributed by atoms with E-state index in [4.69, 9.17) is 16.3 Å². The third-order valence-corrected chi connectivity index (χ3v) is 5.92. The monoisotopic (exact) mass is 379 g/mol. The normalized spacial score (nSPS) is 26.5. The summed E-state index contributed by atoms with van der Waals surface area (Å²) in [5.41, 5.74) is 0. The first kappa shape index (κ1) is 19.4. The van der Waals surface area contributed by atoms with E-state index in [0.717, 1.165) is 38.1 Å². The molecule has 0 radical (unpaired) electrons. The Kier molecular flexibility index (Phi) is 7.12. The quantitative estimate of drug-likeness (QED) is 0.730. The number of unbranched alkanes of at least 4 members (excludes halogenated alkanes) is 1. The van der Waals surface area contributed by atoms with Gasteiger partial charge in [-0.05, 0) is 44.4 Å². The van der Waals surface area contributed by atoms with Crippen molar-refractivity contribution < 1.29 is 9.53 Å². The minimum Gasteiger partial charge on any atom is -0.458 e. The molecule has 26 heavy (non-hydrogen) atoms. The topological polar surface area (TPSA) is 55.3 Å². The molecular weight excluding hydrogens is 350 g/mol. The molecule has 1 aliphatic carbocycles. The zero-order valence-electron chi connectivity index (χ0n) is 15.7. The molecule has 6 heteroatoms. The second-order valence-corrected chi connectivity index (χ2v) is 8.15. The van der Waals surface area contributed by atoms with E-state index in [1.54, 1.807) is 0 Å². The van der Waals surface area contributed by atoms with Crippen molar-refractivity contribution in [2.24, 2.45) is 11.8 Å². The van der Waals surface area contributed by atoms with Gasteiger partial charge in [0.15, 0.2) is 0 Å². The highest BCUT2D eigenvalue weighted by molar-refractivity contribution is 6.30. The standard InChI is InChI=1S/C20H30ClN3O2/c1-2-3-5-15-7-9-16(10-8-15)19(25)24-11-4-6-18(14-24)26-20-22-12-17(21)13-23-20/h12-13,15-16,18H,2-11,14H2,1H3. The second kappa shape index (κ2) is 9.54. The predicted molar refractivity (Wildman–Crippen MR) is 102 cm³/mol. The minimum absolute atomic E-state index is 0.0326. The van der Waals surface area contributed by atoms with Crippen molar-refractivity contribution in [1.82, 2.24) is 14.9 Å². The molecule has 1 aromatic heterocycles. The number of amides is 1. The second-order valence-electron chi connectivity index (χ2n) is 7.71. The lowest BCUT2D eigenvalue weighted by Gasteiger charge is -2.36. The number of carbonyl (C=O) groups excluding carboxylic acids is 1. The Morgan fingerprint density at radius 2 is 1.96 bits per heavy atom. The van der Waals surface area contributed by atoms with Crippen LogP contribution in [0.2, 0.25) is 5.02 Å². The van der Waals surface area contributed by atoms with Crippen LogP contribution in [-0.4, -0.2) is 40.0 Å². The summed E-state index contributed by atoms with van der Waals surface area (Å²) in [4.78, 5) is 23.1. The number of nitrogens with zero attached hydrogens (tertiary/aromatic N) is 3. The number of piperidine rings is 1. The highest BCUT2D eigenvalue weighted by Crippen LogP contribution is 2.33. The minimum atomic E-state index is -0.0326. The molecule has 0 bridgehead atoms. The number of hydrogen-bond donors (Lipinski definition) is 0. The lowest BCUT2D eigenvalue weighted by Crippen LogP contribution is -2.47. The summed E-state index contributed by atoms with van der Waals surface area (Å²) < 4.78 is 5.86. The Balaban J connectivity index is 1.48. The van der Waals surface area contributed by atoms with Gasteiger partial charge in [-0.2, -0.15) is 0 Å². The Morgan fingerprint density at radius 1 is 1.23 bits per heavy atom. The van der Waals surface area contributed by atoms with Gasteiger partial charge in [0.25, 0.3) is 0 Å². The zero-order valence-corrected chi connectivity index (χ0v) is 16.5. The van der Waals surface area contributed by atoms with Gasteiger partial charge < -0.3 is 9.64 Å². The van der Waals surface area contributed by atoms with Crippen molar-refractivity contribution in [1.29, 1.82) is 0 Å². The first-order chi connectivity index (χ1) is 12.7. The molecule has 1 unspecified atom stereocenters. The van der Waals surface area contributed by atoms with Crippen molar-refractivity contribution in [2.45, 2.75) is 70.8 Å². The maximum absolute atomic E-state index is 12.9. The van der Waals surface area contributed by atoms with E-state index in [2.05, 4.69) is 16.9 Å². The Hall–Kier alpha value is -1.36. The lowest BCUT2D eigenvalue weighted by molar-refractivity contribution is -0.139. The number of aromatic nitrogens is 2. The number of carbonyl (C=O) groups is 1. The van der Waals surface area contributed by atoms with Gasteiger partial charge in [-0.25, -0.2) is 9.97 Å². The van der Waals surface area contributed by atoms with Gasteiger partial charge in [-0.1, -0.05) is 37.8 Å². The molecule has 0 spiro atoms. The van der Waals surface area contributed by atoms with Gasteiger partial charge in [0.05, 0.1) is 24.0 Å². The van der Waals surface area contributed by atoms with E-state index in [1.165, 1.54) is 44.5 Å². The fraction of sp³-hybridized carbons (Fsp3) is 0.750. The number of rotatable bonds is 6. The molecule has 1 saturated carbocycles. The van der Waals surface area contributed by atoms with Gasteiger partial charge >= 0.3 is 6.01 Å². The summed E-state index contributed by atoms with van der Waals surface area (Å²) in [5.74, 6) is 1.36. The average molecular weight is 380 g/mol. The van der Waals surface area contributed by atoms with Crippen LogP contribution in [0.25, 0.3) is 0 Å². The highest BCUT2D eigenvalue weighted by atomic mass is 35.5. The lowest BCUT2D eigenvalue weighted by atomic mass is 9.79. The van der Waals surface area contributed by atoms with Crippen molar-refractivity contribution in [2.75, 3.05) is 13.1 Å². The highest BCUT2D eigenvalue weighted by Gasteiger charge is 2.32. The summed E-state index contributed by atoms with van der Waals surface area (Å²) in [6.45, 7) is 3.73. The molecule has 2 heterocycles. The number of likely N-dealkylation sites (tertiary alicyclic amines) is 1. The molecule has 144 valence electrons. The van der Waals surface area contributed by atoms with Crippen molar-refractivity contribution in [3.05, 3.63) is 17.4 Å². The number of hydrogen-bond acceptors (Lipinski definition) is 4. The average Bonchev–Trinajstić information content (AvgIpc) is 2.68. The molecule has 3 rings (SSSR count). The van der Waals surface area contributed by atoms with Crippen LogP contribution in [0.5, 0.6) is 6.01 Å². The molecule has 0 aromatic carbocycles. The van der Waals surface area contributed by atoms with Crippen LogP contribution in [0.4, 0.5) is 0 Å².